The summed E-state index contributed by atoms with van der Waals surface area (Å²) in [4.78, 5) is 12.2. The third kappa shape index (κ3) is 0.992. The molecule has 1 aliphatic heterocycles. The largest absolute Gasteiger partial charge is 0.351 e. The molecule has 1 rings (SSSR count). The number of nitrogens with zero attached hydrogens (tertiary/aromatic N) is 1. The summed E-state index contributed by atoms with van der Waals surface area (Å²) in [6.45, 7) is 2.92. The first-order valence-corrected chi connectivity index (χ1v) is 3.31. The zero-order valence-electron chi connectivity index (χ0n) is 5.63. The summed E-state index contributed by atoms with van der Waals surface area (Å²) in [5, 5.41) is 0. The van der Waals surface area contributed by atoms with Crippen LogP contribution in [0.4, 0.5) is 4.79 Å². The number of primary amides is 1. The summed E-state index contributed by atoms with van der Waals surface area (Å²) in [5.74, 6) is 0. The quantitative estimate of drug-likeness (QED) is 0.550. The van der Waals surface area contributed by atoms with Crippen LogP contribution in [-0.4, -0.2) is 23.5 Å². The van der Waals surface area contributed by atoms with Crippen LogP contribution in [0.2, 0.25) is 0 Å². The third-order valence-electron chi connectivity index (χ3n) is 1.90. The molecule has 0 spiro atoms. The molecular formula is C6H12N2O. The smallest absolute Gasteiger partial charge is 0.315 e. The standard InChI is InChI=1S/C6H12N2O/c1-2-5-3-4-8(5)6(7)9/h5H,2-4H2,1H3,(H2,7,9). The highest BCUT2D eigenvalue weighted by atomic mass is 16.2. The average molecular weight is 128 g/mol. The molecule has 1 saturated heterocycles. The first kappa shape index (κ1) is 6.39. The van der Waals surface area contributed by atoms with Gasteiger partial charge in [-0.3, -0.25) is 0 Å². The van der Waals surface area contributed by atoms with Gasteiger partial charge in [0.2, 0.25) is 0 Å². The van der Waals surface area contributed by atoms with Crippen molar-refractivity contribution in [1.29, 1.82) is 0 Å². The van der Waals surface area contributed by atoms with Crippen molar-refractivity contribution in [2.75, 3.05) is 6.54 Å². The highest BCUT2D eigenvalue weighted by Gasteiger charge is 2.28. The fourth-order valence-corrected chi connectivity index (χ4v) is 1.16. The van der Waals surface area contributed by atoms with Crippen LogP contribution in [0, 0.1) is 0 Å². The maximum Gasteiger partial charge on any atom is 0.315 e. The summed E-state index contributed by atoms with van der Waals surface area (Å²) in [5.41, 5.74) is 5.05. The second-order valence-corrected chi connectivity index (χ2v) is 2.38. The third-order valence-corrected chi connectivity index (χ3v) is 1.90. The first-order valence-electron chi connectivity index (χ1n) is 3.31. The first-order chi connectivity index (χ1) is 4.25. The molecule has 0 radical (unpaired) electrons. The molecule has 1 fully saturated rings. The Hall–Kier alpha value is -0.730. The Morgan fingerprint density at radius 2 is 2.56 bits per heavy atom. The van der Waals surface area contributed by atoms with Gasteiger partial charge in [0.05, 0.1) is 0 Å². The number of hydrogen-bond donors (Lipinski definition) is 1. The molecule has 3 heteroatoms. The van der Waals surface area contributed by atoms with E-state index in [4.69, 9.17) is 5.73 Å². The van der Waals surface area contributed by atoms with E-state index >= 15 is 0 Å². The summed E-state index contributed by atoms with van der Waals surface area (Å²) in [6.07, 6.45) is 2.16. The van der Waals surface area contributed by atoms with Crippen molar-refractivity contribution >= 4 is 6.03 Å². The predicted octanol–water partition coefficient (Wildman–Crippen LogP) is 0.549. The molecule has 0 saturated carbocycles. The molecule has 52 valence electrons. The highest BCUT2D eigenvalue weighted by molar-refractivity contribution is 5.73. The molecule has 9 heavy (non-hydrogen) atoms. The Kier molecular flexibility index (Phi) is 1.60. The van der Waals surface area contributed by atoms with E-state index in [0.717, 1.165) is 19.4 Å². The molecule has 2 amide bonds. The lowest BCUT2D eigenvalue weighted by atomic mass is 10.0. The fraction of sp³-hybridized carbons (Fsp3) is 0.833. The highest BCUT2D eigenvalue weighted by Crippen LogP contribution is 2.18. The van der Waals surface area contributed by atoms with Crippen LogP contribution in [0.3, 0.4) is 0 Å². The Morgan fingerprint density at radius 1 is 1.89 bits per heavy atom. The summed E-state index contributed by atoms with van der Waals surface area (Å²) >= 11 is 0. The zero-order chi connectivity index (χ0) is 6.85. The van der Waals surface area contributed by atoms with Crippen molar-refractivity contribution in [3.05, 3.63) is 0 Å². The van der Waals surface area contributed by atoms with E-state index < -0.39 is 0 Å². The van der Waals surface area contributed by atoms with E-state index in [2.05, 4.69) is 6.92 Å². The van der Waals surface area contributed by atoms with Gasteiger partial charge in [0.15, 0.2) is 0 Å². The molecule has 0 bridgehead atoms. The van der Waals surface area contributed by atoms with Gasteiger partial charge in [-0.05, 0) is 12.8 Å². The van der Waals surface area contributed by atoms with Gasteiger partial charge in [0.1, 0.15) is 0 Å². The monoisotopic (exact) mass is 128 g/mol. The molecule has 3 nitrogen and oxygen atoms in total. The lowest BCUT2D eigenvalue weighted by Crippen LogP contribution is -2.52. The molecule has 2 N–H and O–H groups in total. The van der Waals surface area contributed by atoms with Crippen LogP contribution >= 0.6 is 0 Å². The maximum atomic E-state index is 10.5. The number of likely N-dealkylation sites (tertiary alicyclic amines) is 1. The van der Waals surface area contributed by atoms with Crippen LogP contribution < -0.4 is 5.73 Å². The van der Waals surface area contributed by atoms with Gasteiger partial charge >= 0.3 is 6.03 Å². The number of nitrogens with two attached hydrogens (primary N) is 1. The summed E-state index contributed by atoms with van der Waals surface area (Å²) in [7, 11) is 0. The Bertz CT molecular complexity index is 122. The van der Waals surface area contributed by atoms with E-state index in [-0.39, 0.29) is 6.03 Å². The second-order valence-electron chi connectivity index (χ2n) is 2.38. The van der Waals surface area contributed by atoms with Crippen LogP contribution in [0.1, 0.15) is 19.8 Å². The van der Waals surface area contributed by atoms with Crippen LogP contribution in [0.5, 0.6) is 0 Å². The van der Waals surface area contributed by atoms with Crippen molar-refractivity contribution in [3.8, 4) is 0 Å². The van der Waals surface area contributed by atoms with Gasteiger partial charge in [-0.1, -0.05) is 6.92 Å². The average Bonchev–Trinajstić information content (AvgIpc) is 1.61. The van der Waals surface area contributed by atoms with Gasteiger partial charge < -0.3 is 10.6 Å². The van der Waals surface area contributed by atoms with Crippen LogP contribution in [-0.2, 0) is 0 Å². The van der Waals surface area contributed by atoms with E-state index in [0.29, 0.717) is 6.04 Å². The maximum absolute atomic E-state index is 10.5. The molecular weight excluding hydrogens is 116 g/mol. The van der Waals surface area contributed by atoms with Gasteiger partial charge in [-0.15, -0.1) is 0 Å². The number of rotatable bonds is 1. The van der Waals surface area contributed by atoms with E-state index in [9.17, 15) is 4.79 Å². The second kappa shape index (κ2) is 2.25. The molecule has 1 atom stereocenters. The minimum atomic E-state index is -0.270. The van der Waals surface area contributed by atoms with Crippen molar-refractivity contribution in [2.45, 2.75) is 25.8 Å². The van der Waals surface area contributed by atoms with E-state index in [1.54, 1.807) is 4.90 Å². The van der Waals surface area contributed by atoms with Gasteiger partial charge in [0.25, 0.3) is 0 Å². The van der Waals surface area contributed by atoms with Crippen molar-refractivity contribution in [1.82, 2.24) is 4.90 Å². The van der Waals surface area contributed by atoms with Crippen molar-refractivity contribution < 1.29 is 4.79 Å². The lowest BCUT2D eigenvalue weighted by molar-refractivity contribution is 0.120. The minimum Gasteiger partial charge on any atom is -0.351 e. The summed E-state index contributed by atoms with van der Waals surface area (Å²) in [6, 6.07) is 0.163. The molecule has 0 aromatic heterocycles. The molecule has 1 unspecified atom stereocenters. The number of amides is 2. The van der Waals surface area contributed by atoms with Crippen LogP contribution in [0.25, 0.3) is 0 Å². The molecule has 0 aliphatic carbocycles. The van der Waals surface area contributed by atoms with E-state index in [1.807, 2.05) is 0 Å². The lowest BCUT2D eigenvalue weighted by Gasteiger charge is -2.39. The minimum absolute atomic E-state index is 0.270. The van der Waals surface area contributed by atoms with Gasteiger partial charge in [-0.25, -0.2) is 4.79 Å². The van der Waals surface area contributed by atoms with Crippen molar-refractivity contribution in [2.24, 2.45) is 5.73 Å². The zero-order valence-corrected chi connectivity index (χ0v) is 5.63. The normalized spacial score (nSPS) is 25.4. The van der Waals surface area contributed by atoms with E-state index in [1.165, 1.54) is 0 Å². The van der Waals surface area contributed by atoms with Gasteiger partial charge in [0, 0.05) is 12.6 Å². The molecule has 0 aromatic rings. The SMILES string of the molecule is CCC1CCN1C(N)=O. The van der Waals surface area contributed by atoms with Crippen LogP contribution in [0.15, 0.2) is 0 Å². The topological polar surface area (TPSA) is 46.3 Å². The molecule has 1 heterocycles. The Labute approximate surface area is 54.8 Å². The predicted molar refractivity (Wildman–Crippen MR) is 35.0 cm³/mol. The Balaban J connectivity index is 2.35. The summed E-state index contributed by atoms with van der Waals surface area (Å²) < 4.78 is 0. The number of carbonyl (C=O) groups is 1. The molecule has 0 aromatic carbocycles. The molecule has 1 aliphatic rings. The fourth-order valence-electron chi connectivity index (χ4n) is 1.16. The van der Waals surface area contributed by atoms with Crippen molar-refractivity contribution in [3.63, 3.8) is 0 Å². The number of carbonyl (C=O) groups excluding carboxylic acids is 1. The number of hydrogen-bond acceptors (Lipinski definition) is 1. The number of urea groups is 1. The van der Waals surface area contributed by atoms with Gasteiger partial charge in [-0.2, -0.15) is 0 Å². The Morgan fingerprint density at radius 3 is 2.67 bits per heavy atom.